The number of halogens is 3. The van der Waals surface area contributed by atoms with Crippen LogP contribution < -0.4 is 10.1 Å². The molecule has 0 unspecified atom stereocenters. The first-order valence-corrected chi connectivity index (χ1v) is 8.24. The number of aliphatic hydroxyl groups excluding tert-OH is 1. The van der Waals surface area contributed by atoms with Gasteiger partial charge in [-0.2, -0.15) is 17.7 Å². The van der Waals surface area contributed by atoms with Gasteiger partial charge in [-0.1, -0.05) is 18.2 Å². The van der Waals surface area contributed by atoms with E-state index in [4.69, 9.17) is 0 Å². The lowest BCUT2D eigenvalue weighted by Gasteiger charge is -2.07. The quantitative estimate of drug-likeness (QED) is 0.542. The normalized spacial score (nSPS) is 12.1. The van der Waals surface area contributed by atoms with Gasteiger partial charge in [0.15, 0.2) is 12.7 Å². The molecule has 0 bridgehead atoms. The number of rotatable bonds is 3. The topological polar surface area (TPSA) is 61.9 Å². The van der Waals surface area contributed by atoms with Crippen molar-refractivity contribution in [2.24, 2.45) is 0 Å². The maximum Gasteiger partial charge on any atom is 0.416 e. The molecule has 0 spiro atoms. The zero-order valence-electron chi connectivity index (χ0n) is 14.0. The van der Waals surface area contributed by atoms with E-state index in [1.807, 2.05) is 24.3 Å². The summed E-state index contributed by atoms with van der Waals surface area (Å²) < 4.78 is 41.2. The molecule has 0 saturated carbocycles. The van der Waals surface area contributed by atoms with Gasteiger partial charge in [-0.3, -0.25) is 9.89 Å². The Morgan fingerprint density at radius 3 is 2.44 bits per heavy atom. The van der Waals surface area contributed by atoms with Crippen LogP contribution in [0.25, 0.3) is 27.5 Å². The van der Waals surface area contributed by atoms with Gasteiger partial charge in [0.2, 0.25) is 0 Å². The van der Waals surface area contributed by atoms with Crippen molar-refractivity contribution in [3.8, 4) is 5.69 Å². The first-order chi connectivity index (χ1) is 12.9. The summed E-state index contributed by atoms with van der Waals surface area (Å²) in [7, 11) is 0. The minimum absolute atomic E-state index is 0.150. The van der Waals surface area contributed by atoms with E-state index >= 15 is 0 Å². The van der Waals surface area contributed by atoms with E-state index in [1.165, 1.54) is 16.8 Å². The maximum atomic E-state index is 13.0. The molecule has 2 N–H and O–H groups in total. The van der Waals surface area contributed by atoms with Crippen LogP contribution in [0.5, 0.6) is 0 Å². The van der Waals surface area contributed by atoms with Crippen molar-refractivity contribution >= 4 is 21.8 Å². The molecule has 0 fully saturated rings. The Morgan fingerprint density at radius 1 is 1.07 bits per heavy atom. The second kappa shape index (κ2) is 6.24. The van der Waals surface area contributed by atoms with E-state index in [0.717, 1.165) is 22.9 Å². The van der Waals surface area contributed by atoms with Crippen molar-refractivity contribution in [1.29, 1.82) is 0 Å². The Morgan fingerprint density at radius 2 is 1.78 bits per heavy atom. The number of aromatic nitrogens is 3. The molecular formula is C19H15F3N3O2+. The molecule has 0 amide bonds. The highest BCUT2D eigenvalue weighted by Gasteiger charge is 2.30. The fraction of sp³-hybridized carbons (Fsp3) is 0.158. The Bertz CT molecular complexity index is 1190. The fourth-order valence-electron chi connectivity index (χ4n) is 3.22. The lowest BCUT2D eigenvalue weighted by Crippen LogP contribution is -2.39. The van der Waals surface area contributed by atoms with Gasteiger partial charge in [-0.15, -0.1) is 0 Å². The van der Waals surface area contributed by atoms with Crippen LogP contribution in [0.1, 0.15) is 5.56 Å². The van der Waals surface area contributed by atoms with E-state index in [2.05, 4.69) is 5.10 Å². The van der Waals surface area contributed by atoms with E-state index in [9.17, 15) is 23.1 Å². The molecule has 0 radical (unpaired) electrons. The van der Waals surface area contributed by atoms with E-state index < -0.39 is 17.3 Å². The highest BCUT2D eigenvalue weighted by molar-refractivity contribution is 6.01. The molecule has 0 aliphatic carbocycles. The number of benzene rings is 2. The summed E-state index contributed by atoms with van der Waals surface area (Å²) in [4.78, 5) is 13.0. The fourth-order valence-corrected chi connectivity index (χ4v) is 3.22. The molecule has 2 aromatic heterocycles. The Labute approximate surface area is 150 Å². The summed E-state index contributed by atoms with van der Waals surface area (Å²) in [5.41, 5.74) is 0.0260. The van der Waals surface area contributed by atoms with Crippen LogP contribution in [0.2, 0.25) is 0 Å². The number of alkyl halides is 3. The zero-order chi connectivity index (χ0) is 19.2. The Hall–Kier alpha value is -3.13. The molecule has 27 heavy (non-hydrogen) atoms. The van der Waals surface area contributed by atoms with Crippen LogP contribution >= 0.6 is 0 Å². The van der Waals surface area contributed by atoms with Gasteiger partial charge < -0.3 is 5.11 Å². The van der Waals surface area contributed by atoms with Crippen LogP contribution in [0.4, 0.5) is 13.2 Å². The van der Waals surface area contributed by atoms with Gasteiger partial charge in [0.1, 0.15) is 12.1 Å². The summed E-state index contributed by atoms with van der Waals surface area (Å²) in [6, 6.07) is 11.8. The van der Waals surface area contributed by atoms with Crippen LogP contribution in [-0.2, 0) is 12.7 Å². The summed E-state index contributed by atoms with van der Waals surface area (Å²) in [6.07, 6.45) is -2.66. The predicted molar refractivity (Wildman–Crippen MR) is 93.7 cm³/mol. The second-order valence-electron chi connectivity index (χ2n) is 6.15. The molecule has 138 valence electrons. The predicted octanol–water partition coefficient (Wildman–Crippen LogP) is 2.77. The third kappa shape index (κ3) is 2.87. The third-order valence-electron chi connectivity index (χ3n) is 4.47. The van der Waals surface area contributed by atoms with Crippen molar-refractivity contribution in [2.75, 3.05) is 6.61 Å². The summed E-state index contributed by atoms with van der Waals surface area (Å²) in [5.74, 6) is 0. The van der Waals surface area contributed by atoms with Gasteiger partial charge in [-0.05, 0) is 30.3 Å². The van der Waals surface area contributed by atoms with Crippen LogP contribution in [0, 0.1) is 0 Å². The van der Waals surface area contributed by atoms with Crippen LogP contribution in [0.15, 0.2) is 59.5 Å². The number of pyridine rings is 1. The first-order valence-electron chi connectivity index (χ1n) is 8.24. The SMILES string of the molecule is O=c1c2c([nH]n1-c1ccc(C(F)(F)F)cc1)c1ccccc1c[n+]2CCO. The average Bonchev–Trinajstić information content (AvgIpc) is 2.99. The van der Waals surface area contributed by atoms with Crippen molar-refractivity contribution in [3.63, 3.8) is 0 Å². The molecule has 0 saturated heterocycles. The van der Waals surface area contributed by atoms with E-state index in [-0.39, 0.29) is 13.2 Å². The Kier molecular flexibility index (Phi) is 4.00. The molecule has 5 nitrogen and oxygen atoms in total. The van der Waals surface area contributed by atoms with Gasteiger partial charge in [0.25, 0.3) is 5.52 Å². The van der Waals surface area contributed by atoms with Crippen LogP contribution in [-0.4, -0.2) is 21.5 Å². The highest BCUT2D eigenvalue weighted by atomic mass is 19.4. The number of nitrogens with one attached hydrogen (secondary N) is 1. The van der Waals surface area contributed by atoms with Gasteiger partial charge in [-0.25, -0.2) is 4.68 Å². The number of aromatic amines is 1. The standard InChI is InChI=1S/C19H14F3N3O2/c20-19(21,22)13-5-7-14(8-6-13)25-18(27)17-16(23-25)15-4-2-1-3-12(15)11-24(17)9-10-26/h1-8,11,26H,9-10H2/p+1. The van der Waals surface area contributed by atoms with Crippen molar-refractivity contribution in [2.45, 2.75) is 12.7 Å². The number of hydrogen-bond donors (Lipinski definition) is 2. The van der Waals surface area contributed by atoms with E-state index in [0.29, 0.717) is 16.7 Å². The smallest absolute Gasteiger partial charge is 0.390 e. The number of fused-ring (bicyclic) bond motifs is 3. The molecule has 0 aliphatic rings. The molecular weight excluding hydrogens is 359 g/mol. The van der Waals surface area contributed by atoms with Gasteiger partial charge >= 0.3 is 11.7 Å². The second-order valence-corrected chi connectivity index (χ2v) is 6.15. The first kappa shape index (κ1) is 17.3. The largest absolute Gasteiger partial charge is 0.416 e. The molecule has 8 heteroatoms. The minimum Gasteiger partial charge on any atom is -0.390 e. The monoisotopic (exact) mass is 374 g/mol. The van der Waals surface area contributed by atoms with Crippen molar-refractivity contribution in [3.05, 3.63) is 70.6 Å². The lowest BCUT2D eigenvalue weighted by molar-refractivity contribution is -0.672. The number of nitrogens with zero attached hydrogens (tertiary/aromatic N) is 2. The molecule has 4 rings (SSSR count). The molecule has 0 atom stereocenters. The number of aliphatic hydroxyl groups is 1. The molecule has 4 aromatic rings. The summed E-state index contributed by atoms with van der Waals surface area (Å²) >= 11 is 0. The number of H-pyrrole nitrogens is 1. The highest BCUT2D eigenvalue weighted by Crippen LogP contribution is 2.29. The summed E-state index contributed by atoms with van der Waals surface area (Å²) in [5, 5.41) is 14.0. The third-order valence-corrected chi connectivity index (χ3v) is 4.47. The summed E-state index contributed by atoms with van der Waals surface area (Å²) in [6.45, 7) is 0.0739. The van der Waals surface area contributed by atoms with Gasteiger partial charge in [0.05, 0.1) is 11.3 Å². The molecule has 2 heterocycles. The molecule has 2 aromatic carbocycles. The van der Waals surface area contributed by atoms with Crippen molar-refractivity contribution in [1.82, 2.24) is 9.78 Å². The van der Waals surface area contributed by atoms with Crippen molar-refractivity contribution < 1.29 is 22.8 Å². The number of hydrogen-bond acceptors (Lipinski definition) is 2. The molecule has 0 aliphatic heterocycles. The Balaban J connectivity index is 1.97. The zero-order valence-corrected chi connectivity index (χ0v) is 14.0. The van der Waals surface area contributed by atoms with E-state index in [1.54, 1.807) is 10.8 Å². The lowest BCUT2D eigenvalue weighted by atomic mass is 10.1. The van der Waals surface area contributed by atoms with Crippen LogP contribution in [0.3, 0.4) is 0 Å². The maximum absolute atomic E-state index is 13.0. The van der Waals surface area contributed by atoms with Gasteiger partial charge in [0, 0.05) is 10.8 Å². The minimum atomic E-state index is -4.44. The average molecular weight is 374 g/mol.